The lowest BCUT2D eigenvalue weighted by Crippen LogP contribution is -2.13. The fourth-order valence-corrected chi connectivity index (χ4v) is 1.66. The monoisotopic (exact) mass is 282 g/mol. The van der Waals surface area contributed by atoms with Gasteiger partial charge in [-0.15, -0.1) is 0 Å². The molecule has 0 fully saturated rings. The molecule has 0 bridgehead atoms. The van der Waals surface area contributed by atoms with Crippen LogP contribution in [0.1, 0.15) is 12.7 Å². The Kier molecular flexibility index (Phi) is 4.78. The van der Waals surface area contributed by atoms with E-state index in [4.69, 9.17) is 14.4 Å². The fraction of sp³-hybridized carbons (Fsp3) is 0.125. The number of ether oxygens (including phenoxy) is 1. The third-order valence-electron chi connectivity index (χ3n) is 2.62. The lowest BCUT2D eigenvalue weighted by atomic mass is 10.2. The molecule has 1 aromatic heterocycles. The number of anilines is 1. The van der Waals surface area contributed by atoms with Gasteiger partial charge in [-0.05, 0) is 43.3 Å². The summed E-state index contributed by atoms with van der Waals surface area (Å²) in [5, 5.41) is 11.7. The van der Waals surface area contributed by atoms with Gasteiger partial charge in [-0.25, -0.2) is 0 Å². The summed E-state index contributed by atoms with van der Waals surface area (Å²) in [7, 11) is 0. The molecule has 0 aliphatic rings. The molecule has 1 heterocycles. The molecule has 1 amide bonds. The first-order valence-electron chi connectivity index (χ1n) is 6.42. The topological polar surface area (TPSA) is 75.3 Å². The van der Waals surface area contributed by atoms with Crippen LogP contribution in [-0.4, -0.2) is 12.5 Å². The third kappa shape index (κ3) is 3.98. The lowest BCUT2D eigenvalue weighted by molar-refractivity contribution is -0.112. The van der Waals surface area contributed by atoms with Crippen molar-refractivity contribution in [1.82, 2.24) is 0 Å². The van der Waals surface area contributed by atoms with Crippen LogP contribution in [-0.2, 0) is 4.79 Å². The zero-order valence-electron chi connectivity index (χ0n) is 11.5. The first kappa shape index (κ1) is 14.4. The van der Waals surface area contributed by atoms with Gasteiger partial charge in [0.2, 0.25) is 0 Å². The van der Waals surface area contributed by atoms with Crippen molar-refractivity contribution in [2.75, 3.05) is 11.9 Å². The van der Waals surface area contributed by atoms with Crippen molar-refractivity contribution >= 4 is 17.7 Å². The third-order valence-corrected chi connectivity index (χ3v) is 2.62. The number of furan rings is 1. The summed E-state index contributed by atoms with van der Waals surface area (Å²) in [6, 6.07) is 12.1. The van der Waals surface area contributed by atoms with Gasteiger partial charge in [-0.3, -0.25) is 4.79 Å². The molecule has 0 saturated carbocycles. The quantitative estimate of drug-likeness (QED) is 0.674. The summed E-state index contributed by atoms with van der Waals surface area (Å²) in [6.07, 6.45) is 2.87. The van der Waals surface area contributed by atoms with E-state index < -0.39 is 5.91 Å². The maximum atomic E-state index is 12.0. The Bertz CT molecular complexity index is 665. The van der Waals surface area contributed by atoms with Crippen LogP contribution in [0.25, 0.3) is 6.08 Å². The average Bonchev–Trinajstić information content (AvgIpc) is 3.00. The molecule has 0 atom stereocenters. The number of nitrogens with zero attached hydrogens (tertiary/aromatic N) is 1. The standard InChI is InChI=1S/C16H14N2O3/c1-2-20-14-7-5-13(6-8-14)18-16(19)12(11-17)10-15-4-3-9-21-15/h3-10H,2H2,1H3,(H,18,19)/b12-10-. The Hall–Kier alpha value is -3.00. The van der Waals surface area contributed by atoms with E-state index in [1.807, 2.05) is 13.0 Å². The molecule has 5 heteroatoms. The summed E-state index contributed by atoms with van der Waals surface area (Å²) < 4.78 is 10.4. The molecule has 2 aromatic rings. The van der Waals surface area contributed by atoms with E-state index >= 15 is 0 Å². The van der Waals surface area contributed by atoms with Gasteiger partial charge < -0.3 is 14.5 Å². The van der Waals surface area contributed by atoms with Crippen LogP contribution in [0.2, 0.25) is 0 Å². The highest BCUT2D eigenvalue weighted by atomic mass is 16.5. The number of hydrogen-bond acceptors (Lipinski definition) is 4. The summed E-state index contributed by atoms with van der Waals surface area (Å²) in [4.78, 5) is 12.0. The van der Waals surface area contributed by atoms with Gasteiger partial charge in [-0.1, -0.05) is 0 Å². The van der Waals surface area contributed by atoms with Crippen LogP contribution in [0.3, 0.4) is 0 Å². The van der Waals surface area contributed by atoms with E-state index in [9.17, 15) is 4.79 Å². The van der Waals surface area contributed by atoms with Gasteiger partial charge in [0.15, 0.2) is 0 Å². The van der Waals surface area contributed by atoms with Crippen LogP contribution in [0, 0.1) is 11.3 Å². The van der Waals surface area contributed by atoms with Crippen molar-refractivity contribution in [1.29, 1.82) is 5.26 Å². The van der Waals surface area contributed by atoms with Gasteiger partial charge in [-0.2, -0.15) is 5.26 Å². The highest BCUT2D eigenvalue weighted by Gasteiger charge is 2.10. The summed E-state index contributed by atoms with van der Waals surface area (Å²) in [5.41, 5.74) is 0.558. The van der Waals surface area contributed by atoms with Gasteiger partial charge in [0.05, 0.1) is 12.9 Å². The Morgan fingerprint density at radius 3 is 2.71 bits per heavy atom. The highest BCUT2D eigenvalue weighted by molar-refractivity contribution is 6.09. The summed E-state index contributed by atoms with van der Waals surface area (Å²) >= 11 is 0. The molecule has 21 heavy (non-hydrogen) atoms. The SMILES string of the molecule is CCOc1ccc(NC(=O)/C(C#N)=C\c2ccco2)cc1. The molecule has 0 radical (unpaired) electrons. The van der Waals surface area contributed by atoms with Crippen molar-refractivity contribution in [2.45, 2.75) is 6.92 Å². The number of carbonyl (C=O) groups is 1. The van der Waals surface area contributed by atoms with E-state index in [2.05, 4.69) is 5.32 Å². The smallest absolute Gasteiger partial charge is 0.266 e. The zero-order valence-corrected chi connectivity index (χ0v) is 11.5. The molecule has 1 N–H and O–H groups in total. The fourth-order valence-electron chi connectivity index (χ4n) is 1.66. The molecule has 0 unspecified atom stereocenters. The van der Waals surface area contributed by atoms with Crippen molar-refractivity contribution < 1.29 is 13.9 Å². The summed E-state index contributed by atoms with van der Waals surface area (Å²) in [5.74, 6) is 0.689. The van der Waals surface area contributed by atoms with E-state index in [1.165, 1.54) is 12.3 Å². The molecule has 1 aromatic carbocycles. The van der Waals surface area contributed by atoms with Gasteiger partial charge in [0, 0.05) is 11.8 Å². The predicted octanol–water partition coefficient (Wildman–Crippen LogP) is 3.22. The normalized spacial score (nSPS) is 10.8. The molecule has 0 aliphatic carbocycles. The number of hydrogen-bond donors (Lipinski definition) is 1. The Morgan fingerprint density at radius 1 is 1.38 bits per heavy atom. The molecule has 0 aliphatic heterocycles. The minimum atomic E-state index is -0.488. The number of amides is 1. The van der Waals surface area contributed by atoms with E-state index in [1.54, 1.807) is 36.4 Å². The van der Waals surface area contributed by atoms with Crippen LogP contribution >= 0.6 is 0 Å². The Morgan fingerprint density at radius 2 is 2.14 bits per heavy atom. The molecular weight excluding hydrogens is 268 g/mol. The first-order valence-corrected chi connectivity index (χ1v) is 6.42. The summed E-state index contributed by atoms with van der Waals surface area (Å²) in [6.45, 7) is 2.48. The minimum Gasteiger partial charge on any atom is -0.494 e. The van der Waals surface area contributed by atoms with E-state index in [-0.39, 0.29) is 5.57 Å². The number of nitrogens with one attached hydrogen (secondary N) is 1. The van der Waals surface area contributed by atoms with Gasteiger partial charge >= 0.3 is 0 Å². The van der Waals surface area contributed by atoms with Crippen molar-refractivity contribution in [3.63, 3.8) is 0 Å². The van der Waals surface area contributed by atoms with Gasteiger partial charge in [0.1, 0.15) is 23.2 Å². The Labute approximate surface area is 122 Å². The van der Waals surface area contributed by atoms with E-state index in [0.717, 1.165) is 5.75 Å². The molecule has 0 spiro atoms. The van der Waals surface area contributed by atoms with Gasteiger partial charge in [0.25, 0.3) is 5.91 Å². The minimum absolute atomic E-state index is 0.0289. The number of rotatable bonds is 5. The first-order chi connectivity index (χ1) is 10.2. The van der Waals surface area contributed by atoms with Crippen LogP contribution in [0.15, 0.2) is 52.7 Å². The Balaban J connectivity index is 2.07. The largest absolute Gasteiger partial charge is 0.494 e. The van der Waals surface area contributed by atoms with Crippen LogP contribution in [0.5, 0.6) is 5.75 Å². The van der Waals surface area contributed by atoms with Crippen LogP contribution < -0.4 is 10.1 Å². The zero-order chi connectivity index (χ0) is 15.1. The maximum absolute atomic E-state index is 12.0. The number of nitriles is 1. The maximum Gasteiger partial charge on any atom is 0.266 e. The number of benzene rings is 1. The molecule has 2 rings (SSSR count). The van der Waals surface area contributed by atoms with Crippen molar-refractivity contribution in [2.24, 2.45) is 0 Å². The number of carbonyl (C=O) groups excluding carboxylic acids is 1. The average molecular weight is 282 g/mol. The second-order valence-corrected chi connectivity index (χ2v) is 4.10. The van der Waals surface area contributed by atoms with Crippen molar-refractivity contribution in [3.8, 4) is 11.8 Å². The van der Waals surface area contributed by atoms with Crippen molar-refractivity contribution in [3.05, 3.63) is 54.0 Å². The van der Waals surface area contributed by atoms with E-state index in [0.29, 0.717) is 18.1 Å². The molecule has 0 saturated heterocycles. The highest BCUT2D eigenvalue weighted by Crippen LogP contribution is 2.16. The van der Waals surface area contributed by atoms with Crippen LogP contribution in [0.4, 0.5) is 5.69 Å². The second-order valence-electron chi connectivity index (χ2n) is 4.10. The second kappa shape index (κ2) is 6.96. The molecular formula is C16H14N2O3. The lowest BCUT2D eigenvalue weighted by Gasteiger charge is -2.06. The molecule has 5 nitrogen and oxygen atoms in total. The predicted molar refractivity (Wildman–Crippen MR) is 78.5 cm³/mol. The molecule has 106 valence electrons.